The molecule has 1 aliphatic heterocycles. The third-order valence-electron chi connectivity index (χ3n) is 3.88. The summed E-state index contributed by atoms with van der Waals surface area (Å²) in [4.78, 5) is 17.9. The van der Waals surface area contributed by atoms with E-state index in [9.17, 15) is 9.18 Å². The number of halogens is 1. The first-order valence-corrected chi connectivity index (χ1v) is 7.31. The van der Waals surface area contributed by atoms with Gasteiger partial charge in [-0.2, -0.15) is 0 Å². The number of morpholine rings is 1. The van der Waals surface area contributed by atoms with Gasteiger partial charge in [-0.15, -0.1) is 0 Å². The lowest BCUT2D eigenvalue weighted by atomic mass is 10.0. The Morgan fingerprint density at radius 2 is 2.17 bits per heavy atom. The normalized spacial score (nSPS) is 18.4. The first-order chi connectivity index (χ1) is 11.2. The molecule has 0 aliphatic carbocycles. The number of nitrogens with one attached hydrogen (secondary N) is 2. The van der Waals surface area contributed by atoms with E-state index in [0.717, 1.165) is 12.1 Å². The number of H-pyrrole nitrogens is 1. The zero-order chi connectivity index (χ0) is 15.8. The minimum Gasteiger partial charge on any atom is -0.408 e. The number of hydrogen-bond acceptors (Lipinski definition) is 5. The van der Waals surface area contributed by atoms with Crippen molar-refractivity contribution in [1.82, 2.24) is 15.3 Å². The Bertz CT molecular complexity index is 912. The minimum absolute atomic E-state index is 0.104. The van der Waals surface area contributed by atoms with Gasteiger partial charge < -0.3 is 14.5 Å². The fourth-order valence-electron chi connectivity index (χ4n) is 2.75. The molecule has 4 rings (SSSR count). The van der Waals surface area contributed by atoms with Crippen molar-refractivity contribution in [2.24, 2.45) is 0 Å². The molecule has 6 nitrogen and oxygen atoms in total. The molecule has 118 valence electrons. The summed E-state index contributed by atoms with van der Waals surface area (Å²) in [6, 6.07) is 4.60. The number of pyridine rings is 1. The minimum atomic E-state index is -0.606. The predicted molar refractivity (Wildman–Crippen MR) is 81.6 cm³/mol. The molecule has 0 bridgehead atoms. The second-order valence-electron chi connectivity index (χ2n) is 5.41. The number of aromatic amines is 1. The number of hydrogen-bond donors (Lipinski definition) is 2. The summed E-state index contributed by atoms with van der Waals surface area (Å²) < 4.78 is 25.0. The van der Waals surface area contributed by atoms with Crippen LogP contribution in [0.4, 0.5) is 4.39 Å². The van der Waals surface area contributed by atoms with Gasteiger partial charge in [0.2, 0.25) is 0 Å². The van der Waals surface area contributed by atoms with Crippen LogP contribution in [0.5, 0.6) is 0 Å². The highest BCUT2D eigenvalue weighted by molar-refractivity contribution is 5.80. The number of oxazole rings is 1. The van der Waals surface area contributed by atoms with Gasteiger partial charge in [0.25, 0.3) is 0 Å². The van der Waals surface area contributed by atoms with Gasteiger partial charge in [-0.3, -0.25) is 9.97 Å². The van der Waals surface area contributed by atoms with E-state index in [4.69, 9.17) is 9.15 Å². The molecule has 0 radical (unpaired) electrons. The largest absolute Gasteiger partial charge is 0.417 e. The summed E-state index contributed by atoms with van der Waals surface area (Å²) in [6.07, 6.45) is 3.19. The molecule has 1 aliphatic rings. The molecule has 7 heteroatoms. The van der Waals surface area contributed by atoms with Gasteiger partial charge in [-0.1, -0.05) is 0 Å². The van der Waals surface area contributed by atoms with Gasteiger partial charge in [0.15, 0.2) is 5.58 Å². The zero-order valence-corrected chi connectivity index (χ0v) is 12.1. The van der Waals surface area contributed by atoms with Crippen molar-refractivity contribution in [3.8, 4) is 11.1 Å². The quantitative estimate of drug-likeness (QED) is 0.756. The van der Waals surface area contributed by atoms with Crippen molar-refractivity contribution in [2.45, 2.75) is 6.10 Å². The number of benzene rings is 1. The smallest absolute Gasteiger partial charge is 0.408 e. The SMILES string of the molecule is O=c1[nH]c2cc(F)c(-c3cncc(C4CNCCO4)c3)cc2o1. The van der Waals surface area contributed by atoms with E-state index >= 15 is 0 Å². The fourth-order valence-corrected chi connectivity index (χ4v) is 2.75. The van der Waals surface area contributed by atoms with Crippen molar-refractivity contribution in [3.63, 3.8) is 0 Å². The second kappa shape index (κ2) is 5.60. The molecule has 1 atom stereocenters. The van der Waals surface area contributed by atoms with Crippen molar-refractivity contribution < 1.29 is 13.5 Å². The average molecular weight is 315 g/mol. The first-order valence-electron chi connectivity index (χ1n) is 7.31. The highest BCUT2D eigenvalue weighted by Gasteiger charge is 2.18. The van der Waals surface area contributed by atoms with Crippen LogP contribution in [0.1, 0.15) is 11.7 Å². The lowest BCUT2D eigenvalue weighted by Crippen LogP contribution is -2.33. The van der Waals surface area contributed by atoms with E-state index < -0.39 is 11.6 Å². The van der Waals surface area contributed by atoms with Gasteiger partial charge in [0, 0.05) is 48.2 Å². The van der Waals surface area contributed by atoms with Gasteiger partial charge in [-0.25, -0.2) is 9.18 Å². The lowest BCUT2D eigenvalue weighted by molar-refractivity contribution is 0.0275. The van der Waals surface area contributed by atoms with Crippen LogP contribution in [-0.4, -0.2) is 29.7 Å². The van der Waals surface area contributed by atoms with E-state index in [0.29, 0.717) is 35.4 Å². The van der Waals surface area contributed by atoms with Crippen LogP contribution in [-0.2, 0) is 4.74 Å². The molecule has 3 heterocycles. The van der Waals surface area contributed by atoms with Gasteiger partial charge in [-0.05, 0) is 12.1 Å². The summed E-state index contributed by atoms with van der Waals surface area (Å²) >= 11 is 0. The van der Waals surface area contributed by atoms with Crippen molar-refractivity contribution >= 4 is 11.1 Å². The molecule has 23 heavy (non-hydrogen) atoms. The Balaban J connectivity index is 1.77. The number of fused-ring (bicyclic) bond motifs is 1. The van der Waals surface area contributed by atoms with Crippen LogP contribution < -0.4 is 11.1 Å². The molecule has 1 saturated heterocycles. The molecule has 1 fully saturated rings. The Labute approximate surface area is 130 Å². The van der Waals surface area contributed by atoms with Crippen LogP contribution in [0.15, 0.2) is 39.8 Å². The molecular weight excluding hydrogens is 301 g/mol. The van der Waals surface area contributed by atoms with Gasteiger partial charge in [0.1, 0.15) is 5.82 Å². The fraction of sp³-hybridized carbons (Fsp3) is 0.250. The molecular formula is C16H14FN3O3. The third kappa shape index (κ3) is 2.64. The lowest BCUT2D eigenvalue weighted by Gasteiger charge is -2.24. The maximum Gasteiger partial charge on any atom is 0.417 e. The third-order valence-corrected chi connectivity index (χ3v) is 3.88. The van der Waals surface area contributed by atoms with Gasteiger partial charge >= 0.3 is 5.76 Å². The summed E-state index contributed by atoms with van der Waals surface area (Å²) in [5.41, 5.74) is 2.47. The first kappa shape index (κ1) is 14.1. The second-order valence-corrected chi connectivity index (χ2v) is 5.41. The Morgan fingerprint density at radius 3 is 3.00 bits per heavy atom. The Morgan fingerprint density at radius 1 is 1.26 bits per heavy atom. The van der Waals surface area contributed by atoms with Crippen LogP contribution >= 0.6 is 0 Å². The number of aromatic nitrogens is 2. The summed E-state index contributed by atoms with van der Waals surface area (Å²) in [7, 11) is 0. The topological polar surface area (TPSA) is 80.2 Å². The molecule has 0 amide bonds. The van der Waals surface area contributed by atoms with Crippen molar-refractivity contribution in [2.75, 3.05) is 19.7 Å². The maximum absolute atomic E-state index is 14.4. The van der Waals surface area contributed by atoms with E-state index in [-0.39, 0.29) is 6.10 Å². The van der Waals surface area contributed by atoms with E-state index in [1.807, 2.05) is 6.07 Å². The van der Waals surface area contributed by atoms with Crippen LogP contribution in [0.25, 0.3) is 22.2 Å². The molecule has 2 aromatic heterocycles. The molecule has 0 spiro atoms. The van der Waals surface area contributed by atoms with Crippen molar-refractivity contribution in [1.29, 1.82) is 0 Å². The number of nitrogens with zero attached hydrogens (tertiary/aromatic N) is 1. The van der Waals surface area contributed by atoms with E-state index in [1.165, 1.54) is 12.1 Å². The molecule has 1 aromatic carbocycles. The molecule has 2 N–H and O–H groups in total. The monoisotopic (exact) mass is 315 g/mol. The van der Waals surface area contributed by atoms with Crippen LogP contribution in [0.3, 0.4) is 0 Å². The molecule has 3 aromatic rings. The summed E-state index contributed by atoms with van der Waals surface area (Å²) in [6.45, 7) is 2.14. The average Bonchev–Trinajstić information content (AvgIpc) is 2.94. The molecule has 1 unspecified atom stereocenters. The highest BCUT2D eigenvalue weighted by atomic mass is 19.1. The van der Waals surface area contributed by atoms with Crippen LogP contribution in [0, 0.1) is 5.82 Å². The Hall–Kier alpha value is -2.51. The summed E-state index contributed by atoms with van der Waals surface area (Å²) in [5.74, 6) is -1.05. The number of ether oxygens (including phenoxy) is 1. The standard InChI is InChI=1S/C16H14FN3O3/c17-12-5-13-14(23-16(21)20-13)4-11(12)9-3-10(7-19-6-9)15-8-18-1-2-22-15/h3-7,15,18H,1-2,8H2,(H,20,21). The van der Waals surface area contributed by atoms with Gasteiger partial charge in [0.05, 0.1) is 18.2 Å². The van der Waals surface area contributed by atoms with Crippen LogP contribution in [0.2, 0.25) is 0 Å². The Kier molecular flexibility index (Phi) is 3.44. The maximum atomic E-state index is 14.4. The zero-order valence-electron chi connectivity index (χ0n) is 12.1. The van der Waals surface area contributed by atoms with E-state index in [2.05, 4.69) is 15.3 Å². The molecule has 0 saturated carbocycles. The number of rotatable bonds is 2. The van der Waals surface area contributed by atoms with Crippen molar-refractivity contribution in [3.05, 3.63) is 52.5 Å². The highest BCUT2D eigenvalue weighted by Crippen LogP contribution is 2.29. The summed E-state index contributed by atoms with van der Waals surface area (Å²) in [5, 5.41) is 3.25. The van der Waals surface area contributed by atoms with E-state index in [1.54, 1.807) is 12.4 Å². The predicted octanol–water partition coefficient (Wildman–Crippen LogP) is 1.98.